The average molecular weight is 202 g/mol. The first kappa shape index (κ1) is 13.4. The van der Waals surface area contributed by atoms with E-state index in [4.69, 9.17) is 9.84 Å². The van der Waals surface area contributed by atoms with E-state index in [9.17, 15) is 4.79 Å². The fourth-order valence-electron chi connectivity index (χ4n) is 1.21. The quantitative estimate of drug-likeness (QED) is 0.509. The minimum absolute atomic E-state index is 0.0750. The van der Waals surface area contributed by atoms with E-state index in [-0.39, 0.29) is 6.10 Å². The van der Waals surface area contributed by atoms with E-state index in [1.807, 2.05) is 6.92 Å². The summed E-state index contributed by atoms with van der Waals surface area (Å²) in [7, 11) is 0. The molecule has 0 aliphatic rings. The second kappa shape index (κ2) is 7.80. The molecule has 0 rings (SSSR count). The van der Waals surface area contributed by atoms with E-state index in [2.05, 4.69) is 6.92 Å². The smallest absolute Gasteiger partial charge is 0.334 e. The van der Waals surface area contributed by atoms with Crippen molar-refractivity contribution in [3.8, 4) is 0 Å². The van der Waals surface area contributed by atoms with Crippen molar-refractivity contribution in [1.29, 1.82) is 0 Å². The Bertz CT molecular complexity index is 155. The molecule has 84 valence electrons. The lowest BCUT2D eigenvalue weighted by Gasteiger charge is -2.13. The van der Waals surface area contributed by atoms with Crippen molar-refractivity contribution in [2.45, 2.75) is 65.1 Å². The molecule has 1 N–H and O–H groups in total. The fraction of sp³-hybridized carbons (Fsp3) is 0.909. The number of carbonyl (C=O) groups is 1. The van der Waals surface area contributed by atoms with Gasteiger partial charge in [0.1, 0.15) is 6.10 Å². The number of esters is 1. The van der Waals surface area contributed by atoms with Crippen LogP contribution in [0.4, 0.5) is 0 Å². The SMILES string of the molecule is CCCCCC[C@H](C)OC(=O)[C@@H](C)O. The summed E-state index contributed by atoms with van der Waals surface area (Å²) < 4.78 is 5.00. The van der Waals surface area contributed by atoms with Gasteiger partial charge in [0.2, 0.25) is 0 Å². The highest BCUT2D eigenvalue weighted by Gasteiger charge is 2.13. The standard InChI is InChI=1S/C11H22O3/c1-4-5-6-7-8-9(2)14-11(13)10(3)12/h9-10,12H,4-8H2,1-3H3/t9-,10+/m0/s1. The zero-order chi connectivity index (χ0) is 11.0. The van der Waals surface area contributed by atoms with Crippen molar-refractivity contribution in [3.63, 3.8) is 0 Å². The molecular formula is C11H22O3. The summed E-state index contributed by atoms with van der Waals surface area (Å²) in [6.07, 6.45) is 4.52. The molecule has 0 saturated carbocycles. The molecule has 0 aliphatic heterocycles. The van der Waals surface area contributed by atoms with Crippen LogP contribution in [0.15, 0.2) is 0 Å². The van der Waals surface area contributed by atoms with Gasteiger partial charge in [0, 0.05) is 0 Å². The highest BCUT2D eigenvalue weighted by molar-refractivity contribution is 5.73. The maximum atomic E-state index is 11.0. The van der Waals surface area contributed by atoms with Gasteiger partial charge in [-0.25, -0.2) is 4.79 Å². The molecule has 0 aromatic heterocycles. The zero-order valence-corrected chi connectivity index (χ0v) is 9.45. The minimum atomic E-state index is -1.01. The van der Waals surface area contributed by atoms with E-state index in [1.165, 1.54) is 26.2 Å². The third kappa shape index (κ3) is 6.89. The van der Waals surface area contributed by atoms with Crippen LogP contribution in [-0.4, -0.2) is 23.3 Å². The number of carbonyl (C=O) groups excluding carboxylic acids is 1. The molecule has 3 heteroatoms. The molecule has 2 atom stereocenters. The van der Waals surface area contributed by atoms with Crippen molar-refractivity contribution >= 4 is 5.97 Å². The number of hydrogen-bond donors (Lipinski definition) is 1. The minimum Gasteiger partial charge on any atom is -0.461 e. The number of unbranched alkanes of at least 4 members (excludes halogenated alkanes) is 3. The molecule has 0 fully saturated rings. The molecule has 0 heterocycles. The van der Waals surface area contributed by atoms with Gasteiger partial charge in [-0.1, -0.05) is 26.2 Å². The van der Waals surface area contributed by atoms with Gasteiger partial charge in [-0.3, -0.25) is 0 Å². The monoisotopic (exact) mass is 202 g/mol. The van der Waals surface area contributed by atoms with Crippen molar-refractivity contribution in [2.24, 2.45) is 0 Å². The van der Waals surface area contributed by atoms with Gasteiger partial charge in [0.15, 0.2) is 0 Å². The fourth-order valence-corrected chi connectivity index (χ4v) is 1.21. The van der Waals surface area contributed by atoms with Crippen molar-refractivity contribution in [2.75, 3.05) is 0 Å². The second-order valence-corrected chi connectivity index (χ2v) is 3.77. The first-order valence-electron chi connectivity index (χ1n) is 5.46. The highest BCUT2D eigenvalue weighted by Crippen LogP contribution is 2.08. The third-order valence-corrected chi connectivity index (χ3v) is 2.12. The number of rotatable bonds is 7. The van der Waals surface area contributed by atoms with Crippen LogP contribution in [0.25, 0.3) is 0 Å². The molecule has 14 heavy (non-hydrogen) atoms. The maximum absolute atomic E-state index is 11.0. The van der Waals surface area contributed by atoms with Gasteiger partial charge in [-0.15, -0.1) is 0 Å². The van der Waals surface area contributed by atoms with E-state index in [1.54, 1.807) is 0 Å². The lowest BCUT2D eigenvalue weighted by atomic mass is 10.1. The largest absolute Gasteiger partial charge is 0.461 e. The van der Waals surface area contributed by atoms with Gasteiger partial charge in [0.25, 0.3) is 0 Å². The van der Waals surface area contributed by atoms with E-state index in [0.717, 1.165) is 12.8 Å². The summed E-state index contributed by atoms with van der Waals surface area (Å²) in [4.78, 5) is 11.0. The molecule has 0 aliphatic carbocycles. The Morgan fingerprint density at radius 1 is 1.29 bits per heavy atom. The van der Waals surface area contributed by atoms with Gasteiger partial charge >= 0.3 is 5.97 Å². The lowest BCUT2D eigenvalue weighted by Crippen LogP contribution is -2.24. The third-order valence-electron chi connectivity index (χ3n) is 2.12. The summed E-state index contributed by atoms with van der Waals surface area (Å²) in [5, 5.41) is 8.90. The summed E-state index contributed by atoms with van der Waals surface area (Å²) in [6, 6.07) is 0. The predicted octanol–water partition coefficient (Wildman–Crippen LogP) is 2.27. The Balaban J connectivity index is 3.45. The molecule has 0 bridgehead atoms. The molecule has 0 spiro atoms. The van der Waals surface area contributed by atoms with Crippen LogP contribution in [-0.2, 0) is 9.53 Å². The van der Waals surface area contributed by atoms with E-state index < -0.39 is 12.1 Å². The van der Waals surface area contributed by atoms with Crippen molar-refractivity contribution in [1.82, 2.24) is 0 Å². The molecule has 0 aromatic rings. The number of aliphatic hydroxyl groups is 1. The Kier molecular flexibility index (Phi) is 7.48. The topological polar surface area (TPSA) is 46.5 Å². The molecule has 0 radical (unpaired) electrons. The summed E-state index contributed by atoms with van der Waals surface area (Å²) in [5.41, 5.74) is 0. The van der Waals surface area contributed by atoms with Crippen LogP contribution >= 0.6 is 0 Å². The van der Waals surface area contributed by atoms with Crippen LogP contribution in [0, 0.1) is 0 Å². The second-order valence-electron chi connectivity index (χ2n) is 3.77. The van der Waals surface area contributed by atoms with Crippen LogP contribution in [0.2, 0.25) is 0 Å². The van der Waals surface area contributed by atoms with Gasteiger partial charge in [0.05, 0.1) is 6.10 Å². The normalized spacial score (nSPS) is 14.9. The zero-order valence-electron chi connectivity index (χ0n) is 9.45. The maximum Gasteiger partial charge on any atom is 0.334 e. The first-order valence-corrected chi connectivity index (χ1v) is 5.46. The van der Waals surface area contributed by atoms with Crippen LogP contribution in [0.1, 0.15) is 52.9 Å². The van der Waals surface area contributed by atoms with Gasteiger partial charge in [-0.05, 0) is 26.7 Å². The number of aliphatic hydroxyl groups excluding tert-OH is 1. The van der Waals surface area contributed by atoms with Crippen LogP contribution in [0.3, 0.4) is 0 Å². The lowest BCUT2D eigenvalue weighted by molar-refractivity contribution is -0.157. The predicted molar refractivity (Wildman–Crippen MR) is 56.0 cm³/mol. The molecular weight excluding hydrogens is 180 g/mol. The van der Waals surface area contributed by atoms with Gasteiger partial charge < -0.3 is 9.84 Å². The van der Waals surface area contributed by atoms with Gasteiger partial charge in [-0.2, -0.15) is 0 Å². The number of ether oxygens (including phenoxy) is 1. The molecule has 0 aromatic carbocycles. The Hall–Kier alpha value is -0.570. The van der Waals surface area contributed by atoms with Crippen molar-refractivity contribution in [3.05, 3.63) is 0 Å². The summed E-state index contributed by atoms with van der Waals surface area (Å²) in [6.45, 7) is 5.45. The van der Waals surface area contributed by atoms with Crippen LogP contribution in [0.5, 0.6) is 0 Å². The Morgan fingerprint density at radius 2 is 1.93 bits per heavy atom. The summed E-state index contributed by atoms with van der Waals surface area (Å²) in [5.74, 6) is -0.520. The number of hydrogen-bond acceptors (Lipinski definition) is 3. The summed E-state index contributed by atoms with van der Waals surface area (Å²) >= 11 is 0. The highest BCUT2D eigenvalue weighted by atomic mass is 16.6. The van der Waals surface area contributed by atoms with E-state index >= 15 is 0 Å². The van der Waals surface area contributed by atoms with Crippen molar-refractivity contribution < 1.29 is 14.6 Å². The molecule has 0 amide bonds. The first-order chi connectivity index (χ1) is 6.57. The van der Waals surface area contributed by atoms with E-state index in [0.29, 0.717) is 0 Å². The Labute approximate surface area is 86.5 Å². The molecule has 0 unspecified atom stereocenters. The Morgan fingerprint density at radius 3 is 2.43 bits per heavy atom. The molecule has 0 saturated heterocycles. The molecule has 3 nitrogen and oxygen atoms in total. The van der Waals surface area contributed by atoms with Crippen LogP contribution < -0.4 is 0 Å². The average Bonchev–Trinajstić information content (AvgIpc) is 2.12.